The highest BCUT2D eigenvalue weighted by Crippen LogP contribution is 2.35. The summed E-state index contributed by atoms with van der Waals surface area (Å²) in [5, 5.41) is 4.12. The Bertz CT molecular complexity index is 657. The average molecular weight is 304 g/mol. The van der Waals surface area contributed by atoms with Crippen molar-refractivity contribution in [1.82, 2.24) is 5.32 Å². The van der Waals surface area contributed by atoms with E-state index in [9.17, 15) is 0 Å². The van der Waals surface area contributed by atoms with Crippen LogP contribution in [0, 0.1) is 6.92 Å². The molecule has 1 atom stereocenters. The molecule has 110 valence electrons. The summed E-state index contributed by atoms with van der Waals surface area (Å²) in [6.07, 6.45) is 0. The lowest BCUT2D eigenvalue weighted by Gasteiger charge is -2.23. The van der Waals surface area contributed by atoms with Crippen molar-refractivity contribution in [3.63, 3.8) is 0 Å². The maximum atomic E-state index is 6.05. The summed E-state index contributed by atoms with van der Waals surface area (Å²) < 4.78 is 11.2. The largest absolute Gasteiger partial charge is 0.486 e. The van der Waals surface area contributed by atoms with Crippen LogP contribution in [0.2, 0.25) is 5.02 Å². The molecule has 3 nitrogen and oxygen atoms in total. The fraction of sp³-hybridized carbons (Fsp3) is 0.294. The third-order valence-corrected chi connectivity index (χ3v) is 3.97. The Balaban J connectivity index is 1.99. The Morgan fingerprint density at radius 2 is 1.81 bits per heavy atom. The Labute approximate surface area is 129 Å². The van der Waals surface area contributed by atoms with E-state index in [0.29, 0.717) is 13.2 Å². The highest BCUT2D eigenvalue weighted by molar-refractivity contribution is 6.30. The summed E-state index contributed by atoms with van der Waals surface area (Å²) in [6, 6.07) is 12.2. The van der Waals surface area contributed by atoms with E-state index in [1.165, 1.54) is 5.56 Å². The van der Waals surface area contributed by atoms with E-state index in [0.717, 1.165) is 27.6 Å². The van der Waals surface area contributed by atoms with E-state index in [1.807, 2.05) is 31.3 Å². The zero-order valence-corrected chi connectivity index (χ0v) is 12.9. The minimum Gasteiger partial charge on any atom is -0.486 e. The summed E-state index contributed by atoms with van der Waals surface area (Å²) in [6.45, 7) is 3.28. The van der Waals surface area contributed by atoms with Crippen LogP contribution in [0.4, 0.5) is 0 Å². The number of nitrogens with one attached hydrogen (secondary N) is 1. The topological polar surface area (TPSA) is 30.5 Å². The van der Waals surface area contributed by atoms with Gasteiger partial charge in [0, 0.05) is 5.02 Å². The second-order valence-electron chi connectivity index (χ2n) is 5.13. The van der Waals surface area contributed by atoms with Gasteiger partial charge in [-0.25, -0.2) is 0 Å². The summed E-state index contributed by atoms with van der Waals surface area (Å²) in [4.78, 5) is 0. The lowest BCUT2D eigenvalue weighted by atomic mass is 9.95. The monoisotopic (exact) mass is 303 g/mol. The zero-order chi connectivity index (χ0) is 14.8. The molecule has 0 fully saturated rings. The van der Waals surface area contributed by atoms with E-state index in [2.05, 4.69) is 24.4 Å². The van der Waals surface area contributed by atoms with Crippen LogP contribution in [-0.4, -0.2) is 20.3 Å². The number of halogens is 1. The molecule has 0 spiro atoms. The Kier molecular flexibility index (Phi) is 4.04. The fourth-order valence-corrected chi connectivity index (χ4v) is 2.93. The van der Waals surface area contributed by atoms with Crippen LogP contribution in [0.3, 0.4) is 0 Å². The Hall–Kier alpha value is -1.71. The molecule has 1 heterocycles. The van der Waals surface area contributed by atoms with Crippen molar-refractivity contribution in [3.05, 3.63) is 58.1 Å². The van der Waals surface area contributed by atoms with Gasteiger partial charge in [0.25, 0.3) is 0 Å². The van der Waals surface area contributed by atoms with Gasteiger partial charge < -0.3 is 14.8 Å². The van der Waals surface area contributed by atoms with Gasteiger partial charge in [-0.05, 0) is 54.9 Å². The number of rotatable bonds is 3. The van der Waals surface area contributed by atoms with Crippen LogP contribution in [0.5, 0.6) is 11.5 Å². The van der Waals surface area contributed by atoms with Crippen LogP contribution >= 0.6 is 11.6 Å². The third-order valence-electron chi connectivity index (χ3n) is 3.73. The Morgan fingerprint density at radius 3 is 2.52 bits per heavy atom. The van der Waals surface area contributed by atoms with Crippen molar-refractivity contribution < 1.29 is 9.47 Å². The Morgan fingerprint density at radius 1 is 1.05 bits per heavy atom. The van der Waals surface area contributed by atoms with Gasteiger partial charge in [-0.2, -0.15) is 0 Å². The average Bonchev–Trinajstić information content (AvgIpc) is 2.50. The van der Waals surface area contributed by atoms with Gasteiger partial charge in [0.1, 0.15) is 13.2 Å². The highest BCUT2D eigenvalue weighted by atomic mass is 35.5. The van der Waals surface area contributed by atoms with Crippen molar-refractivity contribution in [2.24, 2.45) is 0 Å². The van der Waals surface area contributed by atoms with Crippen molar-refractivity contribution in [3.8, 4) is 11.5 Å². The molecule has 2 aromatic rings. The molecule has 21 heavy (non-hydrogen) atoms. The first-order chi connectivity index (χ1) is 10.2. The fourth-order valence-electron chi connectivity index (χ4n) is 2.70. The van der Waals surface area contributed by atoms with E-state index >= 15 is 0 Å². The van der Waals surface area contributed by atoms with Crippen LogP contribution in [-0.2, 0) is 0 Å². The molecule has 3 rings (SSSR count). The van der Waals surface area contributed by atoms with Gasteiger partial charge in [-0.3, -0.25) is 0 Å². The normalized spacial score (nSPS) is 14.8. The molecule has 2 aromatic carbocycles. The zero-order valence-electron chi connectivity index (χ0n) is 12.2. The SMILES string of the molecule is CNC(c1ccc2c(c1)OCCO2)c1ccc(Cl)cc1C. The molecule has 0 amide bonds. The molecular weight excluding hydrogens is 286 g/mol. The number of ether oxygens (including phenoxy) is 2. The van der Waals surface area contributed by atoms with E-state index in [1.54, 1.807) is 0 Å². The third kappa shape index (κ3) is 2.85. The van der Waals surface area contributed by atoms with E-state index < -0.39 is 0 Å². The summed E-state index contributed by atoms with van der Waals surface area (Å²) in [5.41, 5.74) is 3.52. The number of benzene rings is 2. The lowest BCUT2D eigenvalue weighted by Crippen LogP contribution is -2.20. The lowest BCUT2D eigenvalue weighted by molar-refractivity contribution is 0.171. The van der Waals surface area contributed by atoms with Gasteiger partial charge in [-0.15, -0.1) is 0 Å². The predicted molar refractivity (Wildman–Crippen MR) is 84.5 cm³/mol. The summed E-state index contributed by atoms with van der Waals surface area (Å²) >= 11 is 6.05. The first-order valence-electron chi connectivity index (χ1n) is 7.02. The van der Waals surface area contributed by atoms with E-state index in [4.69, 9.17) is 21.1 Å². The summed E-state index contributed by atoms with van der Waals surface area (Å²) in [5.74, 6) is 1.62. The molecule has 0 saturated heterocycles. The molecule has 0 aliphatic carbocycles. The maximum Gasteiger partial charge on any atom is 0.161 e. The quantitative estimate of drug-likeness (QED) is 0.937. The first kappa shape index (κ1) is 14.2. The van der Waals surface area contributed by atoms with Crippen LogP contribution < -0.4 is 14.8 Å². The molecule has 1 unspecified atom stereocenters. The minimum atomic E-state index is 0.0955. The van der Waals surface area contributed by atoms with Crippen LogP contribution in [0.15, 0.2) is 36.4 Å². The van der Waals surface area contributed by atoms with Gasteiger partial charge in [0.2, 0.25) is 0 Å². The standard InChI is InChI=1S/C17H18ClNO2/c1-11-9-13(18)4-5-14(11)17(19-2)12-3-6-15-16(10-12)21-8-7-20-15/h3-6,9-10,17,19H,7-8H2,1-2H3. The van der Waals surface area contributed by atoms with Gasteiger partial charge >= 0.3 is 0 Å². The first-order valence-corrected chi connectivity index (χ1v) is 7.39. The highest BCUT2D eigenvalue weighted by Gasteiger charge is 2.18. The van der Waals surface area contributed by atoms with Crippen molar-refractivity contribution >= 4 is 11.6 Å². The molecule has 0 radical (unpaired) electrons. The van der Waals surface area contributed by atoms with Gasteiger partial charge in [0.05, 0.1) is 6.04 Å². The number of aryl methyl sites for hydroxylation is 1. The maximum absolute atomic E-state index is 6.05. The molecule has 1 N–H and O–H groups in total. The molecular formula is C17H18ClNO2. The van der Waals surface area contributed by atoms with E-state index in [-0.39, 0.29) is 6.04 Å². The minimum absolute atomic E-state index is 0.0955. The molecule has 0 aromatic heterocycles. The second-order valence-corrected chi connectivity index (χ2v) is 5.56. The van der Waals surface area contributed by atoms with Crippen molar-refractivity contribution in [2.75, 3.05) is 20.3 Å². The van der Waals surface area contributed by atoms with Crippen LogP contribution in [0.25, 0.3) is 0 Å². The van der Waals surface area contributed by atoms with Crippen molar-refractivity contribution in [1.29, 1.82) is 0 Å². The van der Waals surface area contributed by atoms with Crippen LogP contribution in [0.1, 0.15) is 22.7 Å². The molecule has 1 aliphatic rings. The molecule has 1 aliphatic heterocycles. The summed E-state index contributed by atoms with van der Waals surface area (Å²) in [7, 11) is 1.95. The van der Waals surface area contributed by atoms with Crippen molar-refractivity contribution in [2.45, 2.75) is 13.0 Å². The molecule has 0 bridgehead atoms. The second kappa shape index (κ2) is 5.96. The smallest absolute Gasteiger partial charge is 0.161 e. The number of hydrogen-bond acceptors (Lipinski definition) is 3. The predicted octanol–water partition coefficient (Wildman–Crippen LogP) is 3.73. The number of fused-ring (bicyclic) bond motifs is 1. The molecule has 4 heteroatoms. The van der Waals surface area contributed by atoms with Gasteiger partial charge in [-0.1, -0.05) is 23.7 Å². The van der Waals surface area contributed by atoms with Gasteiger partial charge in [0.15, 0.2) is 11.5 Å². The number of hydrogen-bond donors (Lipinski definition) is 1. The molecule has 0 saturated carbocycles.